The van der Waals surface area contributed by atoms with E-state index in [1.807, 2.05) is 59.2 Å². The van der Waals surface area contributed by atoms with Crippen LogP contribution in [0.3, 0.4) is 0 Å². The first kappa shape index (κ1) is 27.3. The summed E-state index contributed by atoms with van der Waals surface area (Å²) in [6, 6.07) is 1.84. The van der Waals surface area contributed by atoms with Gasteiger partial charge in [-0.3, -0.25) is 14.5 Å². The first-order valence-corrected chi connectivity index (χ1v) is 13.4. The molecular formula is C28H44N6O2. The normalized spacial score (nSPS) is 27.8. The molecule has 0 aromatic rings. The number of carbonyl (C=O) groups is 2. The average Bonchev–Trinajstić information content (AvgIpc) is 3.67. The van der Waals surface area contributed by atoms with Gasteiger partial charge in [0.05, 0.1) is 6.54 Å². The minimum absolute atomic E-state index is 0. The van der Waals surface area contributed by atoms with E-state index >= 15 is 0 Å². The third-order valence-electron chi connectivity index (χ3n) is 6.51. The molecule has 198 valence electrons. The van der Waals surface area contributed by atoms with E-state index in [0.717, 1.165) is 17.8 Å². The van der Waals surface area contributed by atoms with Gasteiger partial charge in [0.2, 0.25) is 0 Å². The topological polar surface area (TPSA) is 88.7 Å². The fourth-order valence-electron chi connectivity index (χ4n) is 4.83. The van der Waals surface area contributed by atoms with E-state index in [1.54, 1.807) is 12.3 Å². The lowest BCUT2D eigenvalue weighted by molar-refractivity contribution is -0.127. The predicted molar refractivity (Wildman–Crippen MR) is 147 cm³/mol. The van der Waals surface area contributed by atoms with Crippen molar-refractivity contribution >= 4 is 11.8 Å². The molecule has 2 bridgehead atoms. The van der Waals surface area contributed by atoms with Crippen LogP contribution in [0.4, 0.5) is 0 Å². The summed E-state index contributed by atoms with van der Waals surface area (Å²) in [5, 5.41) is 12.8. The molecule has 4 N–H and O–H groups in total. The van der Waals surface area contributed by atoms with Crippen LogP contribution in [0.1, 0.15) is 61.7 Å². The predicted octanol–water partition coefficient (Wildman–Crippen LogP) is 3.57. The van der Waals surface area contributed by atoms with E-state index in [2.05, 4.69) is 38.3 Å². The van der Waals surface area contributed by atoms with E-state index in [0.29, 0.717) is 6.54 Å². The van der Waals surface area contributed by atoms with E-state index in [1.165, 1.54) is 42.2 Å². The van der Waals surface area contributed by atoms with Crippen LogP contribution in [0.25, 0.3) is 0 Å². The van der Waals surface area contributed by atoms with Crippen molar-refractivity contribution in [1.29, 1.82) is 0 Å². The molecule has 0 aromatic carbocycles. The molecule has 6 aliphatic rings. The summed E-state index contributed by atoms with van der Waals surface area (Å²) in [6.07, 6.45) is 22.2. The highest BCUT2D eigenvalue weighted by molar-refractivity contribution is 6.02. The molecule has 0 aliphatic carbocycles. The van der Waals surface area contributed by atoms with Gasteiger partial charge in [-0.1, -0.05) is 39.8 Å². The van der Waals surface area contributed by atoms with Crippen LogP contribution >= 0.6 is 0 Å². The summed E-state index contributed by atoms with van der Waals surface area (Å²) < 4.78 is 0. The molecule has 2 saturated heterocycles. The molecule has 0 radical (unpaired) electrons. The molecule has 2 atom stereocenters. The zero-order valence-electron chi connectivity index (χ0n) is 22.3. The van der Waals surface area contributed by atoms with Crippen molar-refractivity contribution in [2.45, 2.75) is 84.7 Å². The number of carbonyl (C=O) groups excluding carboxylic acids is 2. The minimum atomic E-state index is -0.320. The van der Waals surface area contributed by atoms with Gasteiger partial charge in [-0.2, -0.15) is 0 Å². The third-order valence-corrected chi connectivity index (χ3v) is 6.51. The number of allylic oxidation sites excluding steroid dienone is 4. The summed E-state index contributed by atoms with van der Waals surface area (Å²) in [6.45, 7) is 10.4. The highest BCUT2D eigenvalue weighted by atomic mass is 16.2. The quantitative estimate of drug-likeness (QED) is 0.478. The smallest absolute Gasteiger partial charge is 0.267 e. The van der Waals surface area contributed by atoms with Crippen LogP contribution in [0, 0.1) is 0 Å². The maximum absolute atomic E-state index is 12.4. The number of amides is 2. The van der Waals surface area contributed by atoms with Crippen molar-refractivity contribution in [2.24, 2.45) is 0 Å². The Bertz CT molecular complexity index is 965. The van der Waals surface area contributed by atoms with Crippen LogP contribution in [0.2, 0.25) is 0 Å². The Balaban J connectivity index is 0.000000337. The largest absolute Gasteiger partial charge is 0.362 e. The first-order valence-electron chi connectivity index (χ1n) is 13.4. The van der Waals surface area contributed by atoms with Crippen LogP contribution in [-0.2, 0) is 9.59 Å². The Hall–Kier alpha value is -3.26. The van der Waals surface area contributed by atoms with Crippen molar-refractivity contribution in [3.63, 3.8) is 0 Å². The Morgan fingerprint density at radius 3 is 2.33 bits per heavy atom. The molecule has 6 heterocycles. The molecule has 8 heteroatoms. The van der Waals surface area contributed by atoms with Crippen molar-refractivity contribution in [3.05, 3.63) is 72.0 Å². The monoisotopic (exact) mass is 496 g/mol. The third kappa shape index (κ3) is 6.69. The molecule has 2 amide bonds. The Labute approximate surface area is 217 Å². The van der Waals surface area contributed by atoms with Gasteiger partial charge >= 0.3 is 0 Å². The van der Waals surface area contributed by atoms with E-state index in [9.17, 15) is 9.59 Å². The van der Waals surface area contributed by atoms with Crippen LogP contribution in [0.15, 0.2) is 72.0 Å². The van der Waals surface area contributed by atoms with E-state index in [4.69, 9.17) is 0 Å². The molecule has 0 aromatic heterocycles. The molecule has 2 fully saturated rings. The number of fused-ring (bicyclic) bond motifs is 4. The summed E-state index contributed by atoms with van der Waals surface area (Å²) in [4.78, 5) is 28.1. The van der Waals surface area contributed by atoms with Crippen molar-refractivity contribution in [1.82, 2.24) is 31.1 Å². The van der Waals surface area contributed by atoms with Crippen molar-refractivity contribution in [2.75, 3.05) is 6.54 Å². The zero-order valence-corrected chi connectivity index (χ0v) is 22.3. The van der Waals surface area contributed by atoms with Crippen molar-refractivity contribution < 1.29 is 11.0 Å². The lowest BCUT2D eigenvalue weighted by Gasteiger charge is -2.33. The van der Waals surface area contributed by atoms with Gasteiger partial charge in [-0.05, 0) is 56.4 Å². The van der Waals surface area contributed by atoms with Gasteiger partial charge in [-0.25, -0.2) is 0 Å². The maximum Gasteiger partial charge on any atom is 0.267 e. The van der Waals surface area contributed by atoms with Gasteiger partial charge in [-0.15, -0.1) is 0 Å². The molecule has 36 heavy (non-hydrogen) atoms. The second kappa shape index (κ2) is 13.2. The van der Waals surface area contributed by atoms with Gasteiger partial charge in [0.1, 0.15) is 18.0 Å². The molecule has 0 spiro atoms. The first-order chi connectivity index (χ1) is 17.5. The number of rotatable bonds is 3. The highest BCUT2D eigenvalue weighted by Crippen LogP contribution is 2.27. The molecule has 8 nitrogen and oxygen atoms in total. The lowest BCUT2D eigenvalue weighted by Crippen LogP contribution is -2.51. The van der Waals surface area contributed by atoms with E-state index < -0.39 is 0 Å². The molecule has 2 unspecified atom stereocenters. The molecular weight excluding hydrogens is 452 g/mol. The maximum atomic E-state index is 12.4. The number of hydrogen-bond acceptors (Lipinski definition) is 6. The SMILES string of the molecule is C1CC2CCC1N2.CC.CC.CC1=CN2C=C(CNC(=O)C3=CC(=O)N4C=CC=CC4N3)NC2C=C1.[HH]. The fraction of sp³-hybridized carbons (Fsp3) is 0.500. The van der Waals surface area contributed by atoms with Gasteiger partial charge in [0.25, 0.3) is 11.8 Å². The Morgan fingerprint density at radius 2 is 1.69 bits per heavy atom. The Morgan fingerprint density at radius 1 is 1.00 bits per heavy atom. The van der Waals surface area contributed by atoms with Crippen LogP contribution < -0.4 is 21.3 Å². The van der Waals surface area contributed by atoms with Crippen molar-refractivity contribution in [3.8, 4) is 0 Å². The summed E-state index contributed by atoms with van der Waals surface area (Å²) in [7, 11) is 0. The zero-order chi connectivity index (χ0) is 26.1. The molecule has 6 aliphatic heterocycles. The summed E-state index contributed by atoms with van der Waals surface area (Å²) in [5.41, 5.74) is 2.37. The standard InChI is InChI=1S/C18H19N5O2.C6H11N.2C2H6.H2/c1-12-5-6-15-20-13(11-22(15)10-12)9-19-18(25)14-8-17(24)23-7-3-2-4-16(23)21-14;1-2-6-4-3-5(1)7-6;2*1-2;/h2-8,10-11,15-16,20-21H,9H2,1H3,(H,19,25);5-7H,1-4H2;2*1-2H3;1H. The number of nitrogens with one attached hydrogen (secondary N) is 4. The van der Waals surface area contributed by atoms with Crippen LogP contribution in [0.5, 0.6) is 0 Å². The lowest BCUT2D eigenvalue weighted by atomic mass is 10.0. The second-order valence-electron chi connectivity index (χ2n) is 8.94. The number of nitrogens with zero attached hydrogens (tertiary/aromatic N) is 2. The Kier molecular flexibility index (Phi) is 9.99. The molecule has 6 rings (SSSR count). The van der Waals surface area contributed by atoms with Gasteiger partial charge < -0.3 is 26.2 Å². The summed E-state index contributed by atoms with van der Waals surface area (Å²) >= 11 is 0. The van der Waals surface area contributed by atoms with Gasteiger partial charge in [0.15, 0.2) is 0 Å². The van der Waals surface area contributed by atoms with Crippen LogP contribution in [-0.4, -0.2) is 52.6 Å². The molecule has 0 saturated carbocycles. The fourth-order valence-corrected chi connectivity index (χ4v) is 4.83. The van der Waals surface area contributed by atoms with E-state index in [-0.39, 0.29) is 31.3 Å². The second-order valence-corrected chi connectivity index (χ2v) is 8.94. The van der Waals surface area contributed by atoms with Gasteiger partial charge in [0, 0.05) is 43.9 Å². The number of hydrogen-bond donors (Lipinski definition) is 4. The highest BCUT2D eigenvalue weighted by Gasteiger charge is 2.30. The minimum Gasteiger partial charge on any atom is -0.362 e. The summed E-state index contributed by atoms with van der Waals surface area (Å²) in [5.74, 6) is -0.513. The average molecular weight is 497 g/mol.